The standard InChI is InChI=1S/C11H17NO3/c1-15-9(13)5-12-4-7-2-6-3-8(7)10(12)11(6)14/h6-8,10-11,14H,2-5H2,1H3. The molecule has 2 saturated carbocycles. The zero-order valence-electron chi connectivity index (χ0n) is 8.93. The first-order chi connectivity index (χ1) is 7.20. The summed E-state index contributed by atoms with van der Waals surface area (Å²) in [6.45, 7) is 1.32. The first-order valence-corrected chi connectivity index (χ1v) is 5.69. The highest BCUT2D eigenvalue weighted by Gasteiger charge is 2.58. The predicted molar refractivity (Wildman–Crippen MR) is 53.1 cm³/mol. The fraction of sp³-hybridized carbons (Fsp3) is 0.909. The summed E-state index contributed by atoms with van der Waals surface area (Å²) in [5.74, 6) is 1.65. The van der Waals surface area contributed by atoms with E-state index in [9.17, 15) is 9.90 Å². The van der Waals surface area contributed by atoms with Crippen LogP contribution in [0.3, 0.4) is 0 Å². The first kappa shape index (κ1) is 9.60. The van der Waals surface area contributed by atoms with Crippen molar-refractivity contribution in [2.75, 3.05) is 20.2 Å². The molecular formula is C11H17NO3. The maximum atomic E-state index is 11.2. The van der Waals surface area contributed by atoms with Gasteiger partial charge in [-0.3, -0.25) is 9.69 Å². The van der Waals surface area contributed by atoms with E-state index in [2.05, 4.69) is 9.64 Å². The minimum absolute atomic E-state index is 0.188. The van der Waals surface area contributed by atoms with Gasteiger partial charge in [-0.15, -0.1) is 0 Å². The molecule has 5 atom stereocenters. The minimum atomic E-state index is -0.210. The molecule has 15 heavy (non-hydrogen) atoms. The second-order valence-corrected chi connectivity index (χ2v) is 5.14. The van der Waals surface area contributed by atoms with Gasteiger partial charge in [0.15, 0.2) is 0 Å². The third kappa shape index (κ3) is 1.24. The lowest BCUT2D eigenvalue weighted by Crippen LogP contribution is -2.43. The maximum absolute atomic E-state index is 11.2. The highest BCUT2D eigenvalue weighted by atomic mass is 16.5. The van der Waals surface area contributed by atoms with E-state index >= 15 is 0 Å². The number of carbonyl (C=O) groups excluding carboxylic acids is 1. The van der Waals surface area contributed by atoms with Gasteiger partial charge in [-0.25, -0.2) is 0 Å². The lowest BCUT2D eigenvalue weighted by atomic mass is 9.88. The first-order valence-electron chi connectivity index (χ1n) is 5.69. The number of aliphatic hydroxyl groups excluding tert-OH is 1. The molecule has 3 fully saturated rings. The Morgan fingerprint density at radius 1 is 1.47 bits per heavy atom. The fourth-order valence-electron chi connectivity index (χ4n) is 3.95. The Morgan fingerprint density at radius 2 is 2.27 bits per heavy atom. The number of hydrogen-bond acceptors (Lipinski definition) is 4. The molecule has 3 aliphatic rings. The van der Waals surface area contributed by atoms with Crippen LogP contribution in [0.2, 0.25) is 0 Å². The van der Waals surface area contributed by atoms with E-state index in [4.69, 9.17) is 0 Å². The van der Waals surface area contributed by atoms with Gasteiger partial charge < -0.3 is 9.84 Å². The van der Waals surface area contributed by atoms with Gasteiger partial charge in [0.1, 0.15) is 0 Å². The number of carbonyl (C=O) groups is 1. The van der Waals surface area contributed by atoms with Crippen LogP contribution in [0.4, 0.5) is 0 Å². The van der Waals surface area contributed by atoms with Crippen LogP contribution in [0, 0.1) is 17.8 Å². The smallest absolute Gasteiger partial charge is 0.319 e. The molecule has 4 nitrogen and oxygen atoms in total. The number of likely N-dealkylation sites (tertiary alicyclic amines) is 1. The van der Waals surface area contributed by atoms with E-state index in [0.717, 1.165) is 19.4 Å². The summed E-state index contributed by atoms with van der Waals surface area (Å²) in [6, 6.07) is 0.229. The van der Waals surface area contributed by atoms with E-state index in [1.54, 1.807) is 0 Å². The SMILES string of the molecule is COC(=O)CN1CC2CC3CC2C1C3O. The molecule has 2 bridgehead atoms. The molecule has 3 rings (SSSR count). The molecule has 2 aliphatic carbocycles. The van der Waals surface area contributed by atoms with E-state index in [1.807, 2.05) is 0 Å². The van der Waals surface area contributed by atoms with Gasteiger partial charge in [0.2, 0.25) is 0 Å². The molecule has 4 heteroatoms. The van der Waals surface area contributed by atoms with Gasteiger partial charge in [-0.1, -0.05) is 0 Å². The molecule has 1 saturated heterocycles. The van der Waals surface area contributed by atoms with Crippen molar-refractivity contribution >= 4 is 5.97 Å². The molecule has 1 aliphatic heterocycles. The summed E-state index contributed by atoms with van der Waals surface area (Å²) in [5.41, 5.74) is 0. The Kier molecular flexibility index (Phi) is 2.04. The van der Waals surface area contributed by atoms with Gasteiger partial charge in [0.05, 0.1) is 19.8 Å². The third-order valence-corrected chi connectivity index (χ3v) is 4.51. The van der Waals surface area contributed by atoms with Gasteiger partial charge >= 0.3 is 5.97 Å². The molecule has 0 amide bonds. The number of esters is 1. The zero-order valence-corrected chi connectivity index (χ0v) is 8.93. The number of fused-ring (bicyclic) bond motifs is 1. The van der Waals surface area contributed by atoms with Crippen molar-refractivity contribution in [3.63, 3.8) is 0 Å². The normalized spacial score (nSPS) is 47.5. The van der Waals surface area contributed by atoms with Crippen LogP contribution < -0.4 is 0 Å². The van der Waals surface area contributed by atoms with Crippen LogP contribution in [-0.2, 0) is 9.53 Å². The van der Waals surface area contributed by atoms with Gasteiger partial charge in [-0.05, 0) is 30.6 Å². The van der Waals surface area contributed by atoms with Crippen molar-refractivity contribution in [2.24, 2.45) is 17.8 Å². The second-order valence-electron chi connectivity index (χ2n) is 5.14. The van der Waals surface area contributed by atoms with E-state index in [-0.39, 0.29) is 18.1 Å². The summed E-state index contributed by atoms with van der Waals surface area (Å²) in [4.78, 5) is 13.4. The molecular weight excluding hydrogens is 194 g/mol. The summed E-state index contributed by atoms with van der Waals surface area (Å²) >= 11 is 0. The maximum Gasteiger partial charge on any atom is 0.319 e. The molecule has 84 valence electrons. The molecule has 0 aromatic carbocycles. The Balaban J connectivity index is 1.75. The highest BCUT2D eigenvalue weighted by Crippen LogP contribution is 2.54. The van der Waals surface area contributed by atoms with Gasteiger partial charge in [0.25, 0.3) is 0 Å². The molecule has 1 heterocycles. The van der Waals surface area contributed by atoms with Crippen molar-refractivity contribution in [3.05, 3.63) is 0 Å². The number of rotatable bonds is 2. The monoisotopic (exact) mass is 211 g/mol. The predicted octanol–water partition coefficient (Wildman–Crippen LogP) is -0.140. The lowest BCUT2D eigenvalue weighted by Gasteiger charge is -2.28. The van der Waals surface area contributed by atoms with Crippen LogP contribution in [0.5, 0.6) is 0 Å². The fourth-order valence-corrected chi connectivity index (χ4v) is 3.95. The topological polar surface area (TPSA) is 49.8 Å². The highest BCUT2D eigenvalue weighted by molar-refractivity contribution is 5.71. The Morgan fingerprint density at radius 3 is 2.93 bits per heavy atom. The van der Waals surface area contributed by atoms with Crippen LogP contribution in [0.25, 0.3) is 0 Å². The summed E-state index contributed by atoms with van der Waals surface area (Å²) < 4.78 is 4.68. The van der Waals surface area contributed by atoms with Gasteiger partial charge in [-0.2, -0.15) is 0 Å². The number of aliphatic hydroxyl groups is 1. The number of nitrogens with zero attached hydrogens (tertiary/aromatic N) is 1. The van der Waals surface area contributed by atoms with E-state index in [0.29, 0.717) is 24.3 Å². The molecule has 0 aromatic rings. The zero-order chi connectivity index (χ0) is 10.6. The Labute approximate surface area is 89.2 Å². The van der Waals surface area contributed by atoms with Crippen molar-refractivity contribution in [1.82, 2.24) is 4.90 Å². The average Bonchev–Trinajstić information content (AvgIpc) is 2.79. The van der Waals surface area contributed by atoms with E-state index < -0.39 is 0 Å². The summed E-state index contributed by atoms with van der Waals surface area (Å²) in [7, 11) is 1.42. The molecule has 0 spiro atoms. The van der Waals surface area contributed by atoms with Gasteiger partial charge in [0, 0.05) is 12.6 Å². The largest absolute Gasteiger partial charge is 0.468 e. The van der Waals surface area contributed by atoms with Crippen LogP contribution >= 0.6 is 0 Å². The molecule has 0 aromatic heterocycles. The third-order valence-electron chi connectivity index (χ3n) is 4.51. The molecule has 5 unspecified atom stereocenters. The van der Waals surface area contributed by atoms with Crippen LogP contribution in [-0.4, -0.2) is 48.3 Å². The Bertz CT molecular complexity index is 292. The quantitative estimate of drug-likeness (QED) is 0.646. The molecule has 1 N–H and O–H groups in total. The number of ether oxygens (including phenoxy) is 1. The van der Waals surface area contributed by atoms with Crippen molar-refractivity contribution < 1.29 is 14.6 Å². The van der Waals surface area contributed by atoms with Crippen LogP contribution in [0.15, 0.2) is 0 Å². The summed E-state index contributed by atoms with van der Waals surface area (Å²) in [6.07, 6.45) is 2.10. The second kappa shape index (κ2) is 3.19. The summed E-state index contributed by atoms with van der Waals surface area (Å²) in [5, 5.41) is 10.1. The van der Waals surface area contributed by atoms with Crippen molar-refractivity contribution in [2.45, 2.75) is 25.0 Å². The lowest BCUT2D eigenvalue weighted by molar-refractivity contribution is -0.142. The van der Waals surface area contributed by atoms with Crippen LogP contribution in [0.1, 0.15) is 12.8 Å². The number of methoxy groups -OCH3 is 1. The number of hydrogen-bond donors (Lipinski definition) is 1. The molecule has 0 radical (unpaired) electrons. The average molecular weight is 211 g/mol. The Hall–Kier alpha value is -0.610. The van der Waals surface area contributed by atoms with Crippen molar-refractivity contribution in [3.8, 4) is 0 Å². The minimum Gasteiger partial charge on any atom is -0.468 e. The van der Waals surface area contributed by atoms with E-state index in [1.165, 1.54) is 7.11 Å². The van der Waals surface area contributed by atoms with Crippen molar-refractivity contribution in [1.29, 1.82) is 0 Å².